The lowest BCUT2D eigenvalue weighted by Crippen LogP contribution is -2.41. The largest absolute Gasteiger partial charge is 0.486 e. The van der Waals surface area contributed by atoms with Crippen molar-refractivity contribution in [2.24, 2.45) is 5.92 Å². The van der Waals surface area contributed by atoms with Crippen LogP contribution in [0.1, 0.15) is 44.6 Å². The Morgan fingerprint density at radius 2 is 2.10 bits per heavy atom. The predicted octanol–water partition coefficient (Wildman–Crippen LogP) is 4.52. The Balaban J connectivity index is 1.98. The van der Waals surface area contributed by atoms with Crippen LogP contribution >= 0.6 is 0 Å². The van der Waals surface area contributed by atoms with Gasteiger partial charge in [-0.3, -0.25) is 4.79 Å². The van der Waals surface area contributed by atoms with Gasteiger partial charge in [-0.15, -0.1) is 0 Å². The Morgan fingerprint density at radius 3 is 2.86 bits per heavy atom. The average molecular weight is 282 g/mol. The second-order valence-electron chi connectivity index (χ2n) is 5.99. The van der Waals surface area contributed by atoms with E-state index >= 15 is 0 Å². The van der Waals surface area contributed by atoms with Gasteiger partial charge < -0.3 is 4.74 Å². The first-order chi connectivity index (χ1) is 10.2. The van der Waals surface area contributed by atoms with Gasteiger partial charge in [-0.1, -0.05) is 55.8 Å². The molecule has 0 bridgehead atoms. The van der Waals surface area contributed by atoms with Gasteiger partial charge >= 0.3 is 0 Å². The summed E-state index contributed by atoms with van der Waals surface area (Å²) in [6.07, 6.45) is 10.4. The van der Waals surface area contributed by atoms with Crippen molar-refractivity contribution in [3.63, 3.8) is 0 Å². The Bertz CT molecular complexity index is 570. The number of carbonyl (C=O) groups is 1. The van der Waals surface area contributed by atoms with E-state index in [1.807, 2.05) is 30.4 Å². The van der Waals surface area contributed by atoms with Gasteiger partial charge in [-0.25, -0.2) is 0 Å². The summed E-state index contributed by atoms with van der Waals surface area (Å²) in [5.74, 6) is 1.11. The highest BCUT2D eigenvalue weighted by Gasteiger charge is 2.45. The van der Waals surface area contributed by atoms with Crippen molar-refractivity contribution in [1.29, 1.82) is 0 Å². The van der Waals surface area contributed by atoms with Gasteiger partial charge in [-0.05, 0) is 30.9 Å². The zero-order chi connectivity index (χ0) is 14.7. The quantitative estimate of drug-likeness (QED) is 0.811. The van der Waals surface area contributed by atoms with Gasteiger partial charge in [0.05, 0.1) is 12.3 Å². The molecule has 3 rings (SSSR count). The monoisotopic (exact) mass is 282 g/mol. The SMILES string of the molecule is CCCCC1(c2ccccc2)CC(=O)C2CC=CC=C2O1. The van der Waals surface area contributed by atoms with Crippen LogP contribution in [-0.4, -0.2) is 5.78 Å². The summed E-state index contributed by atoms with van der Waals surface area (Å²) in [4.78, 5) is 12.6. The third kappa shape index (κ3) is 2.67. The first-order valence-corrected chi connectivity index (χ1v) is 7.89. The third-order valence-corrected chi connectivity index (χ3v) is 4.51. The number of hydrogen-bond acceptors (Lipinski definition) is 2. The molecule has 2 heteroatoms. The molecule has 0 aromatic heterocycles. The van der Waals surface area contributed by atoms with Crippen molar-refractivity contribution in [1.82, 2.24) is 0 Å². The summed E-state index contributed by atoms with van der Waals surface area (Å²) < 4.78 is 6.43. The maximum Gasteiger partial charge on any atom is 0.148 e. The Labute approximate surface area is 126 Å². The number of ketones is 1. The fourth-order valence-electron chi connectivity index (χ4n) is 3.32. The molecule has 2 aliphatic rings. The van der Waals surface area contributed by atoms with Crippen molar-refractivity contribution in [2.45, 2.75) is 44.6 Å². The van der Waals surface area contributed by atoms with E-state index in [1.54, 1.807) is 0 Å². The van der Waals surface area contributed by atoms with Crippen molar-refractivity contribution < 1.29 is 9.53 Å². The normalized spacial score (nSPS) is 27.8. The molecule has 1 fully saturated rings. The number of carbonyl (C=O) groups excluding carboxylic acids is 1. The van der Waals surface area contributed by atoms with Gasteiger partial charge in [0.15, 0.2) is 0 Å². The zero-order valence-corrected chi connectivity index (χ0v) is 12.5. The first kappa shape index (κ1) is 14.1. The summed E-state index contributed by atoms with van der Waals surface area (Å²) in [5.41, 5.74) is 0.655. The maximum absolute atomic E-state index is 12.6. The molecule has 1 aromatic carbocycles. The highest BCUT2D eigenvalue weighted by atomic mass is 16.5. The minimum atomic E-state index is -0.470. The Hall–Kier alpha value is -1.83. The molecule has 1 aromatic rings. The summed E-state index contributed by atoms with van der Waals surface area (Å²) in [6.45, 7) is 2.18. The molecule has 2 atom stereocenters. The van der Waals surface area contributed by atoms with E-state index in [2.05, 4.69) is 25.1 Å². The molecule has 21 heavy (non-hydrogen) atoms. The van der Waals surface area contributed by atoms with Crippen LogP contribution in [-0.2, 0) is 15.1 Å². The van der Waals surface area contributed by atoms with E-state index < -0.39 is 5.60 Å². The molecular formula is C19H22O2. The number of hydrogen-bond donors (Lipinski definition) is 0. The number of allylic oxidation sites excluding steroid dienone is 4. The van der Waals surface area contributed by atoms with Crippen LogP contribution in [0.2, 0.25) is 0 Å². The molecule has 1 aliphatic carbocycles. The minimum absolute atomic E-state index is 0.0616. The van der Waals surface area contributed by atoms with Gasteiger partial charge in [0.2, 0.25) is 0 Å². The molecule has 1 saturated heterocycles. The molecule has 0 spiro atoms. The van der Waals surface area contributed by atoms with Crippen molar-refractivity contribution in [3.05, 3.63) is 59.9 Å². The van der Waals surface area contributed by atoms with Crippen LogP contribution in [0.4, 0.5) is 0 Å². The highest BCUT2D eigenvalue weighted by molar-refractivity contribution is 5.86. The smallest absolute Gasteiger partial charge is 0.148 e. The lowest BCUT2D eigenvalue weighted by molar-refractivity contribution is -0.140. The second kappa shape index (κ2) is 5.88. The van der Waals surface area contributed by atoms with Crippen LogP contribution in [0.5, 0.6) is 0 Å². The van der Waals surface area contributed by atoms with Crippen LogP contribution in [0.15, 0.2) is 54.3 Å². The van der Waals surface area contributed by atoms with E-state index in [4.69, 9.17) is 4.74 Å². The van der Waals surface area contributed by atoms with Gasteiger partial charge in [0.25, 0.3) is 0 Å². The molecule has 0 amide bonds. The first-order valence-electron chi connectivity index (χ1n) is 7.89. The maximum atomic E-state index is 12.6. The number of Topliss-reactive ketones (excluding diaryl/α,β-unsaturated/α-hetero) is 1. The molecule has 1 aliphatic heterocycles. The van der Waals surface area contributed by atoms with E-state index in [0.29, 0.717) is 12.2 Å². The summed E-state index contributed by atoms with van der Waals surface area (Å²) >= 11 is 0. The van der Waals surface area contributed by atoms with Gasteiger partial charge in [-0.2, -0.15) is 0 Å². The fourth-order valence-corrected chi connectivity index (χ4v) is 3.32. The van der Waals surface area contributed by atoms with E-state index in [9.17, 15) is 4.79 Å². The number of fused-ring (bicyclic) bond motifs is 1. The third-order valence-electron chi connectivity index (χ3n) is 4.51. The summed E-state index contributed by atoms with van der Waals surface area (Å²) in [5, 5.41) is 0. The number of benzene rings is 1. The van der Waals surface area contributed by atoms with Crippen molar-refractivity contribution >= 4 is 5.78 Å². The Morgan fingerprint density at radius 1 is 1.29 bits per heavy atom. The topological polar surface area (TPSA) is 26.3 Å². The van der Waals surface area contributed by atoms with Crippen LogP contribution < -0.4 is 0 Å². The zero-order valence-electron chi connectivity index (χ0n) is 12.5. The number of rotatable bonds is 4. The molecule has 0 N–H and O–H groups in total. The molecule has 110 valence electrons. The molecule has 0 radical (unpaired) electrons. The molecule has 2 unspecified atom stereocenters. The van der Waals surface area contributed by atoms with Crippen molar-refractivity contribution in [2.75, 3.05) is 0 Å². The standard InChI is InChI=1S/C19H22O2/c1-2-3-13-19(15-9-5-4-6-10-15)14-17(20)16-11-7-8-12-18(16)21-19/h4-10,12,16H,2-3,11,13-14H2,1H3. The lowest BCUT2D eigenvalue weighted by Gasteiger charge is -2.42. The molecule has 0 saturated carbocycles. The number of unbranched alkanes of at least 4 members (excludes halogenated alkanes) is 1. The van der Waals surface area contributed by atoms with E-state index in [0.717, 1.165) is 37.0 Å². The molecular weight excluding hydrogens is 260 g/mol. The fraction of sp³-hybridized carbons (Fsp3) is 0.421. The highest BCUT2D eigenvalue weighted by Crippen LogP contribution is 2.45. The van der Waals surface area contributed by atoms with Crippen molar-refractivity contribution in [3.8, 4) is 0 Å². The van der Waals surface area contributed by atoms with Gasteiger partial charge in [0, 0.05) is 0 Å². The van der Waals surface area contributed by atoms with Crippen LogP contribution in [0.3, 0.4) is 0 Å². The van der Waals surface area contributed by atoms with Crippen LogP contribution in [0.25, 0.3) is 0 Å². The summed E-state index contributed by atoms with van der Waals surface area (Å²) in [6, 6.07) is 10.2. The van der Waals surface area contributed by atoms with Gasteiger partial charge in [0.1, 0.15) is 17.1 Å². The number of ether oxygens (including phenoxy) is 1. The van der Waals surface area contributed by atoms with E-state index in [1.165, 1.54) is 0 Å². The second-order valence-corrected chi connectivity index (χ2v) is 5.99. The lowest BCUT2D eigenvalue weighted by atomic mass is 9.77. The molecule has 2 nitrogen and oxygen atoms in total. The molecule has 1 heterocycles. The van der Waals surface area contributed by atoms with E-state index in [-0.39, 0.29) is 5.92 Å². The summed E-state index contributed by atoms with van der Waals surface area (Å²) in [7, 11) is 0. The Kier molecular flexibility index (Phi) is 3.96. The van der Waals surface area contributed by atoms with Crippen LogP contribution in [0, 0.1) is 5.92 Å². The average Bonchev–Trinajstić information content (AvgIpc) is 2.54. The predicted molar refractivity (Wildman–Crippen MR) is 83.7 cm³/mol. The minimum Gasteiger partial charge on any atom is -0.486 e.